The van der Waals surface area contributed by atoms with E-state index in [9.17, 15) is 4.79 Å². The van der Waals surface area contributed by atoms with Gasteiger partial charge in [0.05, 0.1) is 12.1 Å². The fourth-order valence-electron chi connectivity index (χ4n) is 1.37. The van der Waals surface area contributed by atoms with Gasteiger partial charge in [-0.05, 0) is 18.6 Å². The highest BCUT2D eigenvalue weighted by Crippen LogP contribution is 2.40. The summed E-state index contributed by atoms with van der Waals surface area (Å²) in [5.74, 6) is -0.259. The van der Waals surface area contributed by atoms with Crippen LogP contribution >= 0.6 is 35.0 Å². The van der Waals surface area contributed by atoms with Crippen LogP contribution in [-0.4, -0.2) is 23.4 Å². The summed E-state index contributed by atoms with van der Waals surface area (Å²) >= 11 is 13.7. The number of thioether (sulfide) groups is 1. The van der Waals surface area contributed by atoms with Crippen LogP contribution in [0, 0.1) is 0 Å². The van der Waals surface area contributed by atoms with Crippen LogP contribution < -0.4 is 4.74 Å². The highest BCUT2D eigenvalue weighted by molar-refractivity contribution is 8.00. The SMILES string of the molecule is COc1ccc(SC(C)CCC(=O)O)c(Cl)c1Cl. The molecular weight excluding hydrogens is 295 g/mol. The van der Waals surface area contributed by atoms with Gasteiger partial charge in [-0.1, -0.05) is 30.1 Å². The van der Waals surface area contributed by atoms with Crippen LogP contribution in [0.5, 0.6) is 5.75 Å². The minimum atomic E-state index is -0.790. The summed E-state index contributed by atoms with van der Waals surface area (Å²) in [5, 5.41) is 9.61. The van der Waals surface area contributed by atoms with Gasteiger partial charge in [-0.3, -0.25) is 4.79 Å². The third-order valence-corrected chi connectivity index (χ3v) is 4.53. The number of carboxylic acid groups (broad SMARTS) is 1. The Morgan fingerprint density at radius 3 is 2.67 bits per heavy atom. The first kappa shape index (κ1) is 15.5. The summed E-state index contributed by atoms with van der Waals surface area (Å²) in [7, 11) is 1.53. The van der Waals surface area contributed by atoms with Crippen molar-refractivity contribution in [2.75, 3.05) is 7.11 Å². The van der Waals surface area contributed by atoms with Gasteiger partial charge in [-0.25, -0.2) is 0 Å². The highest BCUT2D eigenvalue weighted by atomic mass is 35.5. The number of ether oxygens (including phenoxy) is 1. The lowest BCUT2D eigenvalue weighted by molar-refractivity contribution is -0.137. The van der Waals surface area contributed by atoms with Gasteiger partial charge in [0.25, 0.3) is 0 Å². The number of hydrogen-bond acceptors (Lipinski definition) is 3. The van der Waals surface area contributed by atoms with Crippen molar-refractivity contribution in [1.29, 1.82) is 0 Å². The molecule has 100 valence electrons. The molecule has 0 aliphatic heterocycles. The zero-order valence-electron chi connectivity index (χ0n) is 10.1. The first-order valence-electron chi connectivity index (χ1n) is 5.36. The molecule has 0 fully saturated rings. The summed E-state index contributed by atoms with van der Waals surface area (Å²) < 4.78 is 5.06. The van der Waals surface area contributed by atoms with E-state index in [1.807, 2.05) is 13.0 Å². The van der Waals surface area contributed by atoms with Crippen molar-refractivity contribution >= 4 is 40.9 Å². The van der Waals surface area contributed by atoms with E-state index in [-0.39, 0.29) is 11.7 Å². The average molecular weight is 309 g/mol. The summed E-state index contributed by atoms with van der Waals surface area (Å²) in [5.41, 5.74) is 0. The quantitative estimate of drug-likeness (QED) is 0.794. The van der Waals surface area contributed by atoms with Crippen LogP contribution in [0.1, 0.15) is 19.8 Å². The molecule has 1 atom stereocenters. The van der Waals surface area contributed by atoms with Gasteiger partial charge in [0, 0.05) is 16.6 Å². The maximum Gasteiger partial charge on any atom is 0.303 e. The normalized spacial score (nSPS) is 12.2. The predicted octanol–water partition coefficient (Wildman–Crippen LogP) is 4.35. The van der Waals surface area contributed by atoms with E-state index in [0.29, 0.717) is 22.2 Å². The molecule has 1 N–H and O–H groups in total. The number of carboxylic acids is 1. The smallest absolute Gasteiger partial charge is 0.303 e. The molecule has 0 bridgehead atoms. The second-order valence-electron chi connectivity index (χ2n) is 3.75. The fraction of sp³-hybridized carbons (Fsp3) is 0.417. The predicted molar refractivity (Wildman–Crippen MR) is 75.2 cm³/mol. The van der Waals surface area contributed by atoms with Gasteiger partial charge in [0.15, 0.2) is 0 Å². The largest absolute Gasteiger partial charge is 0.495 e. The monoisotopic (exact) mass is 308 g/mol. The molecule has 18 heavy (non-hydrogen) atoms. The van der Waals surface area contributed by atoms with E-state index >= 15 is 0 Å². The lowest BCUT2D eigenvalue weighted by Gasteiger charge is -2.13. The van der Waals surface area contributed by atoms with Gasteiger partial charge in [0.1, 0.15) is 10.8 Å². The van der Waals surface area contributed by atoms with E-state index in [2.05, 4.69) is 0 Å². The number of aliphatic carboxylic acids is 1. The lowest BCUT2D eigenvalue weighted by atomic mass is 10.2. The minimum absolute atomic E-state index is 0.148. The topological polar surface area (TPSA) is 46.5 Å². The van der Waals surface area contributed by atoms with E-state index in [1.54, 1.807) is 6.07 Å². The number of hydrogen-bond donors (Lipinski definition) is 1. The molecule has 0 radical (unpaired) electrons. The number of methoxy groups -OCH3 is 1. The minimum Gasteiger partial charge on any atom is -0.495 e. The zero-order valence-corrected chi connectivity index (χ0v) is 12.4. The average Bonchev–Trinajstić information content (AvgIpc) is 2.33. The van der Waals surface area contributed by atoms with Crippen molar-refractivity contribution in [2.45, 2.75) is 29.9 Å². The fourth-order valence-corrected chi connectivity index (χ4v) is 2.97. The molecule has 0 aromatic heterocycles. The van der Waals surface area contributed by atoms with Crippen molar-refractivity contribution in [3.05, 3.63) is 22.2 Å². The molecule has 0 aliphatic rings. The molecule has 1 rings (SSSR count). The summed E-state index contributed by atoms with van der Waals surface area (Å²) in [4.78, 5) is 11.3. The van der Waals surface area contributed by atoms with Gasteiger partial charge in [-0.2, -0.15) is 0 Å². The van der Waals surface area contributed by atoms with Crippen molar-refractivity contribution < 1.29 is 14.6 Å². The van der Waals surface area contributed by atoms with E-state index < -0.39 is 5.97 Å². The van der Waals surface area contributed by atoms with Gasteiger partial charge < -0.3 is 9.84 Å². The number of carbonyl (C=O) groups is 1. The standard InChI is InChI=1S/C12H14Cl2O3S/c1-7(3-6-10(15)16)18-9-5-4-8(17-2)11(13)12(9)14/h4-5,7H,3,6H2,1-2H3,(H,15,16). The van der Waals surface area contributed by atoms with Gasteiger partial charge in [-0.15, -0.1) is 11.8 Å². The van der Waals surface area contributed by atoms with Gasteiger partial charge >= 0.3 is 5.97 Å². The maximum absolute atomic E-state index is 10.5. The van der Waals surface area contributed by atoms with Crippen LogP contribution in [0.3, 0.4) is 0 Å². The molecule has 0 aliphatic carbocycles. The maximum atomic E-state index is 10.5. The number of rotatable bonds is 6. The Hall–Kier alpha value is -0.580. The number of benzene rings is 1. The summed E-state index contributed by atoms with van der Waals surface area (Å²) in [6.07, 6.45) is 0.732. The van der Waals surface area contributed by atoms with Crippen LogP contribution in [-0.2, 0) is 4.79 Å². The molecule has 0 heterocycles. The second kappa shape index (κ2) is 7.12. The van der Waals surface area contributed by atoms with E-state index in [1.165, 1.54) is 18.9 Å². The summed E-state index contributed by atoms with van der Waals surface area (Å²) in [6, 6.07) is 3.58. The summed E-state index contributed by atoms with van der Waals surface area (Å²) in [6.45, 7) is 1.96. The zero-order chi connectivity index (χ0) is 13.7. The Labute approximate surface area is 120 Å². The van der Waals surface area contributed by atoms with Crippen LogP contribution in [0.4, 0.5) is 0 Å². The second-order valence-corrected chi connectivity index (χ2v) is 5.99. The number of halogens is 2. The molecule has 1 aromatic rings. The van der Waals surface area contributed by atoms with Crippen LogP contribution in [0.25, 0.3) is 0 Å². The Bertz CT molecular complexity index is 438. The third kappa shape index (κ3) is 4.26. The van der Waals surface area contributed by atoms with Crippen molar-refractivity contribution in [1.82, 2.24) is 0 Å². The lowest BCUT2D eigenvalue weighted by Crippen LogP contribution is -2.02. The molecule has 0 saturated heterocycles. The van der Waals surface area contributed by atoms with Crippen molar-refractivity contribution in [2.24, 2.45) is 0 Å². The molecular formula is C12H14Cl2O3S. The molecule has 1 unspecified atom stereocenters. The first-order chi connectivity index (χ1) is 8.45. The Morgan fingerprint density at radius 1 is 1.44 bits per heavy atom. The third-order valence-electron chi connectivity index (χ3n) is 2.32. The molecule has 0 saturated carbocycles. The van der Waals surface area contributed by atoms with E-state index in [4.69, 9.17) is 33.0 Å². The molecule has 6 heteroatoms. The molecule has 0 spiro atoms. The van der Waals surface area contributed by atoms with E-state index in [0.717, 1.165) is 4.90 Å². The Balaban J connectivity index is 2.73. The Kier molecular flexibility index (Phi) is 6.12. The van der Waals surface area contributed by atoms with Crippen molar-refractivity contribution in [3.8, 4) is 5.75 Å². The van der Waals surface area contributed by atoms with Crippen molar-refractivity contribution in [3.63, 3.8) is 0 Å². The van der Waals surface area contributed by atoms with Crippen LogP contribution in [0.15, 0.2) is 17.0 Å². The highest BCUT2D eigenvalue weighted by Gasteiger charge is 2.14. The molecule has 3 nitrogen and oxygen atoms in total. The molecule has 0 amide bonds. The Morgan fingerprint density at radius 2 is 2.11 bits per heavy atom. The first-order valence-corrected chi connectivity index (χ1v) is 6.99. The van der Waals surface area contributed by atoms with Crippen LogP contribution in [0.2, 0.25) is 10.0 Å². The van der Waals surface area contributed by atoms with Gasteiger partial charge in [0.2, 0.25) is 0 Å². The molecule has 1 aromatic carbocycles.